The van der Waals surface area contributed by atoms with E-state index < -0.39 is 16.7 Å². The Morgan fingerprint density at radius 3 is 2.24 bits per heavy atom. The molecule has 0 atom stereocenters. The molecule has 0 saturated heterocycles. The first-order chi connectivity index (χ1) is 11.6. The van der Waals surface area contributed by atoms with Gasteiger partial charge in [-0.1, -0.05) is 23.2 Å². The first kappa shape index (κ1) is 19.3. The number of alkyl halides is 3. The highest BCUT2D eigenvalue weighted by molar-refractivity contribution is 6.37. The van der Waals surface area contributed by atoms with Gasteiger partial charge in [-0.05, 0) is 24.3 Å². The standard InChI is InChI=1S/C15H10Cl2F3NO4/c1-24-7-8-4-10(2-3-13(8)21(22)23)25-14-11(16)5-9(6-12(14)17)15(18,19)20/h2-6H,7H2,1H3. The van der Waals surface area contributed by atoms with Crippen LogP contribution in [0.3, 0.4) is 0 Å². The minimum Gasteiger partial charge on any atom is -0.454 e. The molecular weight excluding hydrogens is 386 g/mol. The van der Waals surface area contributed by atoms with Crippen molar-refractivity contribution in [1.29, 1.82) is 0 Å². The number of ether oxygens (including phenoxy) is 2. The highest BCUT2D eigenvalue weighted by Crippen LogP contribution is 2.42. The van der Waals surface area contributed by atoms with Crippen molar-refractivity contribution < 1.29 is 27.6 Å². The van der Waals surface area contributed by atoms with Crippen LogP contribution in [-0.4, -0.2) is 12.0 Å². The molecule has 2 aromatic carbocycles. The maximum absolute atomic E-state index is 12.7. The molecule has 0 aliphatic heterocycles. The lowest BCUT2D eigenvalue weighted by molar-refractivity contribution is -0.385. The molecule has 0 spiro atoms. The van der Waals surface area contributed by atoms with Crippen LogP contribution < -0.4 is 4.74 Å². The average molecular weight is 396 g/mol. The number of nitro groups is 1. The van der Waals surface area contributed by atoms with Crippen LogP contribution in [0.4, 0.5) is 18.9 Å². The molecule has 25 heavy (non-hydrogen) atoms. The lowest BCUT2D eigenvalue weighted by Gasteiger charge is -2.14. The van der Waals surface area contributed by atoms with Crippen molar-refractivity contribution in [3.63, 3.8) is 0 Å². The van der Waals surface area contributed by atoms with Gasteiger partial charge in [0, 0.05) is 13.2 Å². The van der Waals surface area contributed by atoms with Crippen LogP contribution in [0.2, 0.25) is 10.0 Å². The molecule has 0 amide bonds. The Morgan fingerprint density at radius 1 is 1.16 bits per heavy atom. The number of hydrogen-bond acceptors (Lipinski definition) is 4. The maximum atomic E-state index is 12.7. The average Bonchev–Trinajstić information content (AvgIpc) is 2.50. The zero-order valence-electron chi connectivity index (χ0n) is 12.6. The van der Waals surface area contributed by atoms with Crippen molar-refractivity contribution in [3.05, 3.63) is 61.6 Å². The Labute approximate surface area is 150 Å². The van der Waals surface area contributed by atoms with E-state index >= 15 is 0 Å². The van der Waals surface area contributed by atoms with Gasteiger partial charge in [0.15, 0.2) is 5.75 Å². The van der Waals surface area contributed by atoms with E-state index in [0.29, 0.717) is 12.1 Å². The largest absolute Gasteiger partial charge is 0.454 e. The summed E-state index contributed by atoms with van der Waals surface area (Å²) in [4.78, 5) is 10.4. The third-order valence-electron chi connectivity index (χ3n) is 3.09. The van der Waals surface area contributed by atoms with Crippen molar-refractivity contribution >= 4 is 28.9 Å². The summed E-state index contributed by atoms with van der Waals surface area (Å²) in [5, 5.41) is 10.3. The lowest BCUT2D eigenvalue weighted by atomic mass is 10.1. The quantitative estimate of drug-likeness (QED) is 0.469. The molecule has 0 heterocycles. The van der Waals surface area contributed by atoms with E-state index in [0.717, 1.165) is 0 Å². The van der Waals surface area contributed by atoms with Gasteiger partial charge >= 0.3 is 6.18 Å². The summed E-state index contributed by atoms with van der Waals surface area (Å²) in [6.07, 6.45) is -4.61. The summed E-state index contributed by atoms with van der Waals surface area (Å²) in [7, 11) is 1.36. The Bertz CT molecular complexity index is 789. The molecule has 0 aliphatic carbocycles. The normalized spacial score (nSPS) is 11.4. The Balaban J connectivity index is 2.40. The molecule has 0 bridgehead atoms. The van der Waals surface area contributed by atoms with Crippen LogP contribution >= 0.6 is 23.2 Å². The molecule has 10 heteroatoms. The van der Waals surface area contributed by atoms with E-state index in [1.165, 1.54) is 25.3 Å². The topological polar surface area (TPSA) is 61.6 Å². The second-order valence-corrected chi connectivity index (χ2v) is 5.66. The van der Waals surface area contributed by atoms with Crippen molar-refractivity contribution in [3.8, 4) is 11.5 Å². The van der Waals surface area contributed by atoms with E-state index in [1.54, 1.807) is 0 Å². The van der Waals surface area contributed by atoms with Crippen LogP contribution in [0.5, 0.6) is 11.5 Å². The highest BCUT2D eigenvalue weighted by atomic mass is 35.5. The van der Waals surface area contributed by atoms with Gasteiger partial charge in [-0.25, -0.2) is 0 Å². The Kier molecular flexibility index (Phi) is 5.76. The summed E-state index contributed by atoms with van der Waals surface area (Å²) in [6, 6.07) is 5.16. The fourth-order valence-corrected chi connectivity index (χ4v) is 2.58. The molecular formula is C15H10Cl2F3NO4. The number of halogens is 5. The molecule has 0 aromatic heterocycles. The van der Waals surface area contributed by atoms with Gasteiger partial charge in [-0.2, -0.15) is 13.2 Å². The second kappa shape index (κ2) is 7.47. The summed E-state index contributed by atoms with van der Waals surface area (Å²) in [6.45, 7) is -0.0536. The highest BCUT2D eigenvalue weighted by Gasteiger charge is 2.32. The zero-order chi connectivity index (χ0) is 18.8. The predicted molar refractivity (Wildman–Crippen MR) is 85.3 cm³/mol. The molecule has 0 unspecified atom stereocenters. The monoisotopic (exact) mass is 395 g/mol. The summed E-state index contributed by atoms with van der Waals surface area (Å²) in [5.74, 6) is -0.0743. The lowest BCUT2D eigenvalue weighted by Crippen LogP contribution is -2.05. The third kappa shape index (κ3) is 4.53. The van der Waals surface area contributed by atoms with Crippen molar-refractivity contribution in [1.82, 2.24) is 0 Å². The SMILES string of the molecule is COCc1cc(Oc2c(Cl)cc(C(F)(F)F)cc2Cl)ccc1[N+](=O)[O-]. The van der Waals surface area contributed by atoms with Gasteiger partial charge in [0.2, 0.25) is 0 Å². The molecule has 5 nitrogen and oxygen atoms in total. The number of hydrogen-bond donors (Lipinski definition) is 0. The van der Waals surface area contributed by atoms with Crippen LogP contribution in [0.15, 0.2) is 30.3 Å². The second-order valence-electron chi connectivity index (χ2n) is 4.85. The fraction of sp³-hybridized carbons (Fsp3) is 0.200. The zero-order valence-corrected chi connectivity index (χ0v) is 14.1. The summed E-state index contributed by atoms with van der Waals surface area (Å²) >= 11 is 11.7. The third-order valence-corrected chi connectivity index (χ3v) is 3.65. The molecule has 0 radical (unpaired) electrons. The van der Waals surface area contributed by atoms with Gasteiger partial charge < -0.3 is 9.47 Å². The first-order valence-corrected chi connectivity index (χ1v) is 7.39. The summed E-state index contributed by atoms with van der Waals surface area (Å²) < 4.78 is 48.5. The van der Waals surface area contributed by atoms with E-state index in [2.05, 4.69) is 0 Å². The number of benzene rings is 2. The van der Waals surface area contributed by atoms with Gasteiger partial charge in [-0.3, -0.25) is 10.1 Å². The number of nitrogens with zero attached hydrogens (tertiary/aromatic N) is 1. The van der Waals surface area contributed by atoms with Crippen LogP contribution in [0.25, 0.3) is 0 Å². The molecule has 0 fully saturated rings. The first-order valence-electron chi connectivity index (χ1n) is 6.64. The van der Waals surface area contributed by atoms with Gasteiger partial charge in [0.1, 0.15) is 5.75 Å². The Morgan fingerprint density at radius 2 is 1.76 bits per heavy atom. The van der Waals surface area contributed by atoms with Crippen molar-refractivity contribution in [2.24, 2.45) is 0 Å². The van der Waals surface area contributed by atoms with E-state index in [1.807, 2.05) is 0 Å². The van der Waals surface area contributed by atoms with Gasteiger partial charge in [-0.15, -0.1) is 0 Å². The van der Waals surface area contributed by atoms with Crippen LogP contribution in [0.1, 0.15) is 11.1 Å². The van der Waals surface area contributed by atoms with Gasteiger partial charge in [0.05, 0.1) is 32.7 Å². The predicted octanol–water partition coefficient (Wildman–Crippen LogP) is 5.86. The molecule has 0 saturated carbocycles. The molecule has 0 N–H and O–H groups in total. The smallest absolute Gasteiger partial charge is 0.416 e. The Hall–Kier alpha value is -2.03. The van der Waals surface area contributed by atoms with E-state index in [-0.39, 0.29) is 39.4 Å². The number of methoxy groups -OCH3 is 1. The van der Waals surface area contributed by atoms with Crippen LogP contribution in [0, 0.1) is 10.1 Å². The molecule has 0 aliphatic rings. The minimum absolute atomic E-state index is 0.0536. The molecule has 2 aromatic rings. The number of nitro benzene ring substituents is 1. The fourth-order valence-electron chi connectivity index (χ4n) is 2.01. The van der Waals surface area contributed by atoms with E-state index in [9.17, 15) is 23.3 Å². The van der Waals surface area contributed by atoms with Gasteiger partial charge in [0.25, 0.3) is 5.69 Å². The molecule has 2 rings (SSSR count). The maximum Gasteiger partial charge on any atom is 0.416 e. The molecule has 134 valence electrons. The number of rotatable bonds is 5. The van der Waals surface area contributed by atoms with E-state index in [4.69, 9.17) is 32.7 Å². The van der Waals surface area contributed by atoms with Crippen molar-refractivity contribution in [2.45, 2.75) is 12.8 Å². The minimum atomic E-state index is -4.61. The van der Waals surface area contributed by atoms with Crippen LogP contribution in [-0.2, 0) is 17.5 Å². The van der Waals surface area contributed by atoms with Crippen molar-refractivity contribution in [2.75, 3.05) is 7.11 Å². The summed E-state index contributed by atoms with van der Waals surface area (Å²) in [5.41, 5.74) is -0.971.